The molecule has 30 heavy (non-hydrogen) atoms. The highest BCUT2D eigenvalue weighted by molar-refractivity contribution is 5.95. The van der Waals surface area contributed by atoms with E-state index in [-0.39, 0.29) is 19.0 Å². The number of ether oxygens (including phenoxy) is 2. The summed E-state index contributed by atoms with van der Waals surface area (Å²) in [6.07, 6.45) is -0.590. The van der Waals surface area contributed by atoms with Gasteiger partial charge in [0.05, 0.1) is 18.0 Å². The van der Waals surface area contributed by atoms with Gasteiger partial charge in [-0.3, -0.25) is 0 Å². The summed E-state index contributed by atoms with van der Waals surface area (Å²) in [5.41, 5.74) is 2.19. The largest absolute Gasteiger partial charge is 0.482 e. The van der Waals surface area contributed by atoms with Crippen molar-refractivity contribution in [3.05, 3.63) is 90.0 Å². The lowest BCUT2D eigenvalue weighted by molar-refractivity contribution is -0.139. The predicted octanol–water partition coefficient (Wildman–Crippen LogP) is 4.12. The Bertz CT molecular complexity index is 952. The molecule has 0 unspecified atom stereocenters. The molecular weight excluding hydrogens is 386 g/mol. The second-order valence-corrected chi connectivity index (χ2v) is 6.30. The van der Waals surface area contributed by atoms with Crippen LogP contribution in [0, 0.1) is 0 Å². The van der Waals surface area contributed by atoms with E-state index < -0.39 is 18.7 Å². The third kappa shape index (κ3) is 5.15. The van der Waals surface area contributed by atoms with Crippen LogP contribution in [-0.4, -0.2) is 28.9 Å². The molecule has 0 aliphatic rings. The highest BCUT2D eigenvalue weighted by Gasteiger charge is 2.20. The predicted molar refractivity (Wildman–Crippen MR) is 111 cm³/mol. The number of benzene rings is 3. The fourth-order valence-corrected chi connectivity index (χ4v) is 2.92. The molecule has 3 aromatic carbocycles. The first-order valence-electron chi connectivity index (χ1n) is 9.23. The second kappa shape index (κ2) is 10.1. The molecular formula is C23H21NO6. The number of para-hydroxylation sites is 2. The molecule has 0 radical (unpaired) electrons. The molecule has 0 saturated carbocycles. The summed E-state index contributed by atoms with van der Waals surface area (Å²) in [5, 5.41) is 18.5. The summed E-state index contributed by atoms with van der Waals surface area (Å²) in [6.45, 7) is -1.04. The van der Waals surface area contributed by atoms with E-state index >= 15 is 0 Å². The number of aliphatic hydroxyl groups is 1. The van der Waals surface area contributed by atoms with Crippen molar-refractivity contribution in [1.29, 1.82) is 0 Å². The fraction of sp³-hybridized carbons (Fsp3) is 0.130. The molecule has 7 nitrogen and oxygen atoms in total. The lowest BCUT2D eigenvalue weighted by Gasteiger charge is -2.23. The molecule has 154 valence electrons. The van der Waals surface area contributed by atoms with Gasteiger partial charge in [-0.15, -0.1) is 0 Å². The maximum Gasteiger partial charge on any atom is 0.419 e. The van der Waals surface area contributed by atoms with Gasteiger partial charge in [0, 0.05) is 5.56 Å². The highest BCUT2D eigenvalue weighted by atomic mass is 16.6. The van der Waals surface area contributed by atoms with E-state index in [4.69, 9.17) is 14.6 Å². The smallest absolute Gasteiger partial charge is 0.419 e. The number of rotatable bonds is 8. The molecule has 0 saturated heterocycles. The van der Waals surface area contributed by atoms with Gasteiger partial charge in [0.1, 0.15) is 12.4 Å². The Kier molecular flexibility index (Phi) is 7.02. The van der Waals surface area contributed by atoms with Gasteiger partial charge in [-0.2, -0.15) is 0 Å². The molecule has 0 aliphatic heterocycles. The minimum Gasteiger partial charge on any atom is -0.482 e. The van der Waals surface area contributed by atoms with Crippen LogP contribution in [-0.2, 0) is 22.7 Å². The maximum atomic E-state index is 12.9. The third-order valence-electron chi connectivity index (χ3n) is 4.30. The molecule has 7 heteroatoms. The van der Waals surface area contributed by atoms with Crippen LogP contribution in [0.1, 0.15) is 11.1 Å². The van der Waals surface area contributed by atoms with Gasteiger partial charge in [0.25, 0.3) is 0 Å². The van der Waals surface area contributed by atoms with Crippen molar-refractivity contribution in [3.63, 3.8) is 0 Å². The van der Waals surface area contributed by atoms with Gasteiger partial charge in [0.2, 0.25) is 0 Å². The quantitative estimate of drug-likeness (QED) is 0.583. The number of nitrogens with zero attached hydrogens (tertiary/aromatic N) is 1. The Hall–Kier alpha value is -3.84. The van der Waals surface area contributed by atoms with Crippen molar-refractivity contribution in [3.8, 4) is 5.75 Å². The average molecular weight is 407 g/mol. The van der Waals surface area contributed by atoms with Crippen LogP contribution in [0.25, 0.3) is 0 Å². The summed E-state index contributed by atoms with van der Waals surface area (Å²) in [6, 6.07) is 23.1. The molecule has 3 aromatic rings. The summed E-state index contributed by atoms with van der Waals surface area (Å²) in [4.78, 5) is 25.2. The van der Waals surface area contributed by atoms with Crippen molar-refractivity contribution in [2.24, 2.45) is 0 Å². The molecule has 0 fully saturated rings. The van der Waals surface area contributed by atoms with Crippen molar-refractivity contribution in [2.45, 2.75) is 13.2 Å². The Balaban J connectivity index is 1.81. The molecule has 0 heterocycles. The molecule has 2 N–H and O–H groups in total. The number of carbonyl (C=O) groups excluding carboxylic acids is 1. The van der Waals surface area contributed by atoms with Crippen molar-refractivity contribution in [1.82, 2.24) is 0 Å². The van der Waals surface area contributed by atoms with Crippen LogP contribution in [0.5, 0.6) is 5.75 Å². The Morgan fingerprint density at radius 3 is 1.97 bits per heavy atom. The van der Waals surface area contributed by atoms with E-state index in [1.807, 2.05) is 36.4 Å². The molecule has 3 rings (SSSR count). The van der Waals surface area contributed by atoms with Gasteiger partial charge >= 0.3 is 12.1 Å². The van der Waals surface area contributed by atoms with Crippen molar-refractivity contribution in [2.75, 3.05) is 11.5 Å². The third-order valence-corrected chi connectivity index (χ3v) is 4.30. The van der Waals surface area contributed by atoms with Crippen molar-refractivity contribution >= 4 is 23.4 Å². The van der Waals surface area contributed by atoms with Crippen LogP contribution >= 0.6 is 0 Å². The topological polar surface area (TPSA) is 96.3 Å². The summed E-state index contributed by atoms with van der Waals surface area (Å²) in [5.74, 6) is -0.895. The summed E-state index contributed by atoms with van der Waals surface area (Å²) in [7, 11) is 0. The van der Waals surface area contributed by atoms with Crippen LogP contribution in [0.3, 0.4) is 0 Å². The molecule has 0 spiro atoms. The molecule has 0 bridgehead atoms. The molecule has 1 amide bonds. The number of aliphatic carboxylic acids is 1. The lowest BCUT2D eigenvalue weighted by Crippen LogP contribution is -2.26. The maximum absolute atomic E-state index is 12.9. The van der Waals surface area contributed by atoms with Gasteiger partial charge in [-0.1, -0.05) is 48.5 Å². The molecule has 0 aromatic heterocycles. The van der Waals surface area contributed by atoms with E-state index in [1.165, 1.54) is 4.90 Å². The van der Waals surface area contributed by atoms with Crippen LogP contribution in [0.4, 0.5) is 16.2 Å². The number of carboxylic acids is 1. The van der Waals surface area contributed by atoms with E-state index in [0.29, 0.717) is 22.5 Å². The number of hydrogen-bond donors (Lipinski definition) is 2. The Morgan fingerprint density at radius 2 is 1.43 bits per heavy atom. The first kappa shape index (κ1) is 20.9. The lowest BCUT2D eigenvalue weighted by atomic mass is 10.1. The monoisotopic (exact) mass is 407 g/mol. The average Bonchev–Trinajstić information content (AvgIpc) is 2.77. The number of aliphatic hydroxyl groups excluding tert-OH is 1. The van der Waals surface area contributed by atoms with Crippen molar-refractivity contribution < 1.29 is 29.3 Å². The Labute approximate surface area is 173 Å². The Morgan fingerprint density at radius 1 is 0.833 bits per heavy atom. The van der Waals surface area contributed by atoms with E-state index in [9.17, 15) is 14.7 Å². The zero-order valence-corrected chi connectivity index (χ0v) is 16.1. The zero-order chi connectivity index (χ0) is 21.3. The standard InChI is InChI=1S/C23H21NO6/c25-14-20-17(8-7-13-21(20)29-16-22(26)27)15-30-23(28)24(18-9-3-1-4-10-18)19-11-5-2-6-12-19/h1-13,25H,14-16H2,(H,26,27). The van der Waals surface area contributed by atoms with Crippen LogP contribution in [0.2, 0.25) is 0 Å². The number of anilines is 2. The van der Waals surface area contributed by atoms with Crippen LogP contribution < -0.4 is 9.64 Å². The van der Waals surface area contributed by atoms with E-state index in [2.05, 4.69) is 0 Å². The minimum atomic E-state index is -1.13. The number of carbonyl (C=O) groups is 2. The minimum absolute atomic E-state index is 0.116. The summed E-state index contributed by atoms with van der Waals surface area (Å²) >= 11 is 0. The van der Waals surface area contributed by atoms with Gasteiger partial charge in [-0.25, -0.2) is 14.5 Å². The first-order valence-corrected chi connectivity index (χ1v) is 9.23. The van der Waals surface area contributed by atoms with E-state index in [1.54, 1.807) is 42.5 Å². The normalized spacial score (nSPS) is 10.3. The van der Waals surface area contributed by atoms with Gasteiger partial charge in [-0.05, 0) is 35.9 Å². The fourth-order valence-electron chi connectivity index (χ4n) is 2.92. The second-order valence-electron chi connectivity index (χ2n) is 6.30. The van der Waals surface area contributed by atoms with Crippen LogP contribution in [0.15, 0.2) is 78.9 Å². The molecule has 0 aliphatic carbocycles. The SMILES string of the molecule is O=C(O)COc1cccc(COC(=O)N(c2ccccc2)c2ccccc2)c1CO. The van der Waals surface area contributed by atoms with Gasteiger partial charge < -0.3 is 19.7 Å². The number of carboxylic acid groups (broad SMARTS) is 1. The summed E-state index contributed by atoms with van der Waals surface area (Å²) < 4.78 is 10.7. The number of hydrogen-bond acceptors (Lipinski definition) is 5. The number of amides is 1. The highest BCUT2D eigenvalue weighted by Crippen LogP contribution is 2.27. The zero-order valence-electron chi connectivity index (χ0n) is 16.1. The van der Waals surface area contributed by atoms with E-state index in [0.717, 1.165) is 0 Å². The first-order chi connectivity index (χ1) is 14.6. The van der Waals surface area contributed by atoms with Gasteiger partial charge in [0.15, 0.2) is 6.61 Å². The molecule has 0 atom stereocenters.